The van der Waals surface area contributed by atoms with Crippen LogP contribution in [0.2, 0.25) is 0 Å². The van der Waals surface area contributed by atoms with E-state index in [0.29, 0.717) is 15.8 Å². The van der Waals surface area contributed by atoms with Crippen LogP contribution in [0, 0.1) is 5.82 Å². The lowest BCUT2D eigenvalue weighted by Gasteiger charge is -2.16. The summed E-state index contributed by atoms with van der Waals surface area (Å²) in [4.78, 5) is 0. The predicted octanol–water partition coefficient (Wildman–Crippen LogP) is 3.50. The molecule has 0 aliphatic carbocycles. The summed E-state index contributed by atoms with van der Waals surface area (Å²) >= 11 is 6.63. The fourth-order valence-electron chi connectivity index (χ4n) is 1.59. The van der Waals surface area contributed by atoms with Crippen LogP contribution in [0.15, 0.2) is 43.9 Å². The van der Waals surface area contributed by atoms with E-state index in [-0.39, 0.29) is 5.82 Å². The van der Waals surface area contributed by atoms with Gasteiger partial charge in [0.25, 0.3) is 0 Å². The molecule has 0 bridgehead atoms. The maximum atomic E-state index is 13.8. The van der Waals surface area contributed by atoms with Crippen LogP contribution in [0.1, 0.15) is 17.4 Å². The molecule has 0 saturated heterocycles. The molecule has 2 rings (SSSR count). The van der Waals surface area contributed by atoms with Gasteiger partial charge in [-0.15, -0.1) is 0 Å². The zero-order valence-corrected chi connectivity index (χ0v) is 11.8. The summed E-state index contributed by atoms with van der Waals surface area (Å²) in [7, 11) is 0. The van der Waals surface area contributed by atoms with Gasteiger partial charge in [0.05, 0.1) is 10.7 Å². The van der Waals surface area contributed by atoms with Crippen molar-refractivity contribution < 1.29 is 8.81 Å². The largest absolute Gasteiger partial charge is 0.466 e. The van der Waals surface area contributed by atoms with Crippen molar-refractivity contribution in [3.63, 3.8) is 0 Å². The molecule has 1 aromatic heterocycles. The van der Waals surface area contributed by atoms with Gasteiger partial charge >= 0.3 is 0 Å². The summed E-state index contributed by atoms with van der Waals surface area (Å²) in [5.74, 6) is 5.65. The number of hydrogen-bond acceptors (Lipinski definition) is 3. The lowest BCUT2D eigenvalue weighted by Crippen LogP contribution is -2.29. The molecule has 2 aromatic rings. The van der Waals surface area contributed by atoms with Gasteiger partial charge in [0, 0.05) is 10.0 Å². The Labute approximate surface area is 114 Å². The fraction of sp³-hybridized carbons (Fsp3) is 0.0909. The Balaban J connectivity index is 2.53. The summed E-state index contributed by atoms with van der Waals surface area (Å²) in [6, 6.07) is 5.91. The molecule has 1 aromatic carbocycles. The topological polar surface area (TPSA) is 51.2 Å². The number of benzene rings is 1. The lowest BCUT2D eigenvalue weighted by atomic mass is 10.0. The first kappa shape index (κ1) is 12.8. The molecule has 0 aliphatic heterocycles. The van der Waals surface area contributed by atoms with Gasteiger partial charge in [0.15, 0.2) is 0 Å². The SMILES string of the molecule is NNC(c1occc1Br)c1c(F)cccc1Br. The number of furan rings is 1. The van der Waals surface area contributed by atoms with Gasteiger partial charge in [-0.25, -0.2) is 9.82 Å². The number of halogens is 3. The van der Waals surface area contributed by atoms with Crippen molar-refractivity contribution in [1.82, 2.24) is 5.43 Å². The number of rotatable bonds is 3. The van der Waals surface area contributed by atoms with Gasteiger partial charge in [0.1, 0.15) is 17.6 Å². The van der Waals surface area contributed by atoms with Gasteiger partial charge in [0.2, 0.25) is 0 Å². The first-order valence-electron chi connectivity index (χ1n) is 4.78. The number of nitrogens with one attached hydrogen (secondary N) is 1. The molecule has 0 radical (unpaired) electrons. The van der Waals surface area contributed by atoms with Crippen molar-refractivity contribution in [2.45, 2.75) is 6.04 Å². The summed E-state index contributed by atoms with van der Waals surface area (Å²) < 4.78 is 20.5. The van der Waals surface area contributed by atoms with Crippen LogP contribution in [0.25, 0.3) is 0 Å². The molecule has 1 atom stereocenters. The van der Waals surface area contributed by atoms with Crippen molar-refractivity contribution >= 4 is 31.9 Å². The third kappa shape index (κ3) is 2.44. The van der Waals surface area contributed by atoms with Crippen LogP contribution in [0.4, 0.5) is 4.39 Å². The highest BCUT2D eigenvalue weighted by Gasteiger charge is 2.24. The highest BCUT2D eigenvalue weighted by atomic mass is 79.9. The number of nitrogens with two attached hydrogens (primary N) is 1. The molecule has 0 aliphatic rings. The molecule has 0 saturated carbocycles. The standard InChI is InChI=1S/C11H9Br2FN2O/c12-6-2-1-3-8(14)9(6)10(16-15)11-7(13)4-5-17-11/h1-5,10,16H,15H2. The number of hydrazine groups is 1. The Morgan fingerprint density at radius 2 is 2.00 bits per heavy atom. The van der Waals surface area contributed by atoms with Crippen LogP contribution < -0.4 is 11.3 Å². The zero-order chi connectivity index (χ0) is 12.4. The quantitative estimate of drug-likeness (QED) is 0.648. The summed E-state index contributed by atoms with van der Waals surface area (Å²) in [6.07, 6.45) is 1.51. The smallest absolute Gasteiger partial charge is 0.140 e. The molecule has 6 heteroatoms. The van der Waals surface area contributed by atoms with Crippen LogP contribution >= 0.6 is 31.9 Å². The summed E-state index contributed by atoms with van der Waals surface area (Å²) in [5, 5.41) is 0. The Bertz CT molecular complexity index is 510. The first-order valence-corrected chi connectivity index (χ1v) is 6.36. The minimum absolute atomic E-state index is 0.356. The molecule has 17 heavy (non-hydrogen) atoms. The molecule has 0 fully saturated rings. The molecule has 1 unspecified atom stereocenters. The van der Waals surface area contributed by atoms with Gasteiger partial charge in [-0.3, -0.25) is 5.84 Å². The highest BCUT2D eigenvalue weighted by molar-refractivity contribution is 9.10. The first-order chi connectivity index (χ1) is 8.15. The van der Waals surface area contributed by atoms with E-state index in [4.69, 9.17) is 10.3 Å². The van der Waals surface area contributed by atoms with Gasteiger partial charge in [-0.2, -0.15) is 0 Å². The van der Waals surface area contributed by atoms with E-state index in [9.17, 15) is 4.39 Å². The molecule has 90 valence electrons. The van der Waals surface area contributed by atoms with E-state index in [1.54, 1.807) is 18.2 Å². The van der Waals surface area contributed by atoms with Crippen LogP contribution in [0.3, 0.4) is 0 Å². The van der Waals surface area contributed by atoms with Crippen LogP contribution in [-0.2, 0) is 0 Å². The van der Waals surface area contributed by atoms with Crippen molar-refractivity contribution in [2.24, 2.45) is 5.84 Å². The predicted molar refractivity (Wildman–Crippen MR) is 69.7 cm³/mol. The van der Waals surface area contributed by atoms with Crippen molar-refractivity contribution in [3.8, 4) is 0 Å². The molecule has 3 N–H and O–H groups in total. The zero-order valence-electron chi connectivity index (χ0n) is 8.58. The second-order valence-electron chi connectivity index (χ2n) is 3.37. The van der Waals surface area contributed by atoms with E-state index < -0.39 is 6.04 Å². The maximum absolute atomic E-state index is 13.8. The minimum Gasteiger partial charge on any atom is -0.466 e. The summed E-state index contributed by atoms with van der Waals surface area (Å²) in [6.45, 7) is 0. The normalized spacial score (nSPS) is 12.7. The molecular weight excluding hydrogens is 355 g/mol. The molecular formula is C11H9Br2FN2O. The van der Waals surface area contributed by atoms with Crippen molar-refractivity contribution in [3.05, 3.63) is 56.6 Å². The van der Waals surface area contributed by atoms with E-state index in [0.717, 1.165) is 4.47 Å². The van der Waals surface area contributed by atoms with Gasteiger partial charge < -0.3 is 4.42 Å². The lowest BCUT2D eigenvalue weighted by molar-refractivity contribution is 0.438. The van der Waals surface area contributed by atoms with E-state index in [2.05, 4.69) is 37.3 Å². The van der Waals surface area contributed by atoms with Crippen molar-refractivity contribution in [2.75, 3.05) is 0 Å². The second kappa shape index (κ2) is 5.30. The average molecular weight is 364 g/mol. The van der Waals surface area contributed by atoms with Gasteiger partial charge in [-0.05, 0) is 34.1 Å². The minimum atomic E-state index is -0.560. The highest BCUT2D eigenvalue weighted by Crippen LogP contribution is 2.34. The van der Waals surface area contributed by atoms with Crippen molar-refractivity contribution in [1.29, 1.82) is 0 Å². The Morgan fingerprint density at radius 1 is 1.24 bits per heavy atom. The second-order valence-corrected chi connectivity index (χ2v) is 5.08. The Hall–Kier alpha value is -0.690. The summed E-state index contributed by atoms with van der Waals surface area (Å²) in [5.41, 5.74) is 2.96. The molecule has 0 amide bonds. The average Bonchev–Trinajstić information content (AvgIpc) is 2.70. The molecule has 0 spiro atoms. The van der Waals surface area contributed by atoms with E-state index in [1.165, 1.54) is 12.3 Å². The fourth-order valence-corrected chi connectivity index (χ4v) is 2.59. The third-order valence-electron chi connectivity index (χ3n) is 2.36. The van der Waals surface area contributed by atoms with E-state index in [1.807, 2.05) is 0 Å². The third-order valence-corrected chi connectivity index (χ3v) is 3.71. The van der Waals surface area contributed by atoms with E-state index >= 15 is 0 Å². The van der Waals surface area contributed by atoms with Gasteiger partial charge in [-0.1, -0.05) is 22.0 Å². The molecule has 3 nitrogen and oxygen atoms in total. The Morgan fingerprint density at radius 3 is 2.53 bits per heavy atom. The molecule has 1 heterocycles. The van der Waals surface area contributed by atoms with Crippen LogP contribution in [-0.4, -0.2) is 0 Å². The maximum Gasteiger partial charge on any atom is 0.140 e. The van der Waals surface area contributed by atoms with Crippen LogP contribution in [0.5, 0.6) is 0 Å². The Kier molecular flexibility index (Phi) is 3.98. The monoisotopic (exact) mass is 362 g/mol. The number of hydrogen-bond donors (Lipinski definition) is 2.